The van der Waals surface area contributed by atoms with Crippen molar-refractivity contribution in [3.63, 3.8) is 0 Å². The van der Waals surface area contributed by atoms with Gasteiger partial charge in [-0.05, 0) is 19.8 Å². The first-order valence-electron chi connectivity index (χ1n) is 4.64. The molecule has 1 aromatic rings. The Hall–Kier alpha value is -1.45. The van der Waals surface area contributed by atoms with E-state index in [1.165, 1.54) is 20.4 Å². The summed E-state index contributed by atoms with van der Waals surface area (Å²) in [6, 6.07) is 0. The van der Waals surface area contributed by atoms with Crippen molar-refractivity contribution in [2.24, 2.45) is 0 Å². The van der Waals surface area contributed by atoms with Crippen LogP contribution in [0.1, 0.15) is 41.7 Å². The van der Waals surface area contributed by atoms with Crippen LogP contribution in [0.15, 0.2) is 6.33 Å². The summed E-state index contributed by atoms with van der Waals surface area (Å²) in [5.74, 6) is 0.810. The summed E-state index contributed by atoms with van der Waals surface area (Å²) in [4.78, 5) is 19.5. The van der Waals surface area contributed by atoms with Crippen LogP contribution in [-0.2, 0) is 0 Å². The molecule has 1 aliphatic carbocycles. The number of ether oxygens (including phenoxy) is 1. The second-order valence-corrected chi connectivity index (χ2v) is 3.47. The Morgan fingerprint density at radius 3 is 2.71 bits per heavy atom. The molecule has 2 rings (SSSR count). The normalized spacial score (nSPS) is 15.3. The van der Waals surface area contributed by atoms with Crippen LogP contribution in [-0.4, -0.2) is 22.9 Å². The molecule has 0 atom stereocenters. The van der Waals surface area contributed by atoms with Crippen LogP contribution in [0.3, 0.4) is 0 Å². The molecule has 0 bridgehead atoms. The van der Waals surface area contributed by atoms with Crippen LogP contribution < -0.4 is 4.74 Å². The Morgan fingerprint density at radius 1 is 1.50 bits per heavy atom. The minimum atomic E-state index is -0.0237. The molecule has 0 unspecified atom stereocenters. The molecule has 74 valence electrons. The van der Waals surface area contributed by atoms with Crippen LogP contribution in [0.25, 0.3) is 0 Å². The van der Waals surface area contributed by atoms with Crippen LogP contribution >= 0.6 is 0 Å². The van der Waals surface area contributed by atoms with Crippen LogP contribution in [0.5, 0.6) is 5.88 Å². The van der Waals surface area contributed by atoms with Gasteiger partial charge in [0.05, 0.1) is 12.8 Å². The maximum atomic E-state index is 11.4. The molecule has 0 amide bonds. The van der Waals surface area contributed by atoms with Crippen molar-refractivity contribution in [3.8, 4) is 5.88 Å². The fourth-order valence-electron chi connectivity index (χ4n) is 1.53. The van der Waals surface area contributed by atoms with Gasteiger partial charge in [-0.25, -0.2) is 9.97 Å². The lowest BCUT2D eigenvalue weighted by molar-refractivity contribution is 0.101. The van der Waals surface area contributed by atoms with Crippen molar-refractivity contribution in [2.75, 3.05) is 7.11 Å². The standard InChI is InChI=1S/C10H12N2O2/c1-6(13)8-9(7-3-4-7)11-5-12-10(8)14-2/h5,7H,3-4H2,1-2H3. The Balaban J connectivity index is 2.52. The van der Waals surface area contributed by atoms with Crippen molar-refractivity contribution in [1.29, 1.82) is 0 Å². The van der Waals surface area contributed by atoms with Gasteiger partial charge in [-0.3, -0.25) is 4.79 Å². The lowest BCUT2D eigenvalue weighted by atomic mass is 10.1. The second kappa shape index (κ2) is 3.36. The van der Waals surface area contributed by atoms with E-state index in [2.05, 4.69) is 9.97 Å². The van der Waals surface area contributed by atoms with Gasteiger partial charge < -0.3 is 4.74 Å². The van der Waals surface area contributed by atoms with Crippen molar-refractivity contribution in [3.05, 3.63) is 17.6 Å². The molecule has 1 aliphatic rings. The van der Waals surface area contributed by atoms with Crippen LogP contribution in [0, 0.1) is 0 Å². The number of nitrogens with zero attached hydrogens (tertiary/aromatic N) is 2. The first kappa shape index (κ1) is 9.12. The molecule has 0 radical (unpaired) electrons. The number of methoxy groups -OCH3 is 1. The van der Waals surface area contributed by atoms with Crippen LogP contribution in [0.2, 0.25) is 0 Å². The highest BCUT2D eigenvalue weighted by atomic mass is 16.5. The Labute approximate surface area is 82.3 Å². The third-order valence-electron chi connectivity index (χ3n) is 2.35. The van der Waals surface area contributed by atoms with Gasteiger partial charge in [0, 0.05) is 5.92 Å². The average molecular weight is 192 g/mol. The maximum absolute atomic E-state index is 11.4. The summed E-state index contributed by atoms with van der Waals surface area (Å²) < 4.78 is 5.05. The van der Waals surface area contributed by atoms with Gasteiger partial charge >= 0.3 is 0 Å². The Bertz CT molecular complexity index is 372. The largest absolute Gasteiger partial charge is 0.480 e. The number of ketones is 1. The molecule has 1 heterocycles. The van der Waals surface area contributed by atoms with Crippen molar-refractivity contribution < 1.29 is 9.53 Å². The first-order valence-corrected chi connectivity index (χ1v) is 4.64. The Kier molecular flexibility index (Phi) is 2.19. The van der Waals surface area contributed by atoms with E-state index in [9.17, 15) is 4.79 Å². The molecule has 1 fully saturated rings. The molecule has 0 aliphatic heterocycles. The van der Waals surface area contributed by atoms with Crippen molar-refractivity contribution >= 4 is 5.78 Å². The highest BCUT2D eigenvalue weighted by Gasteiger charge is 2.30. The van der Waals surface area contributed by atoms with Gasteiger partial charge in [0.15, 0.2) is 5.78 Å². The minimum Gasteiger partial charge on any atom is -0.480 e. The second-order valence-electron chi connectivity index (χ2n) is 3.47. The zero-order valence-electron chi connectivity index (χ0n) is 8.28. The summed E-state index contributed by atoms with van der Waals surface area (Å²) in [5, 5.41) is 0. The smallest absolute Gasteiger partial charge is 0.227 e. The molecule has 14 heavy (non-hydrogen) atoms. The molecule has 4 nitrogen and oxygen atoms in total. The summed E-state index contributed by atoms with van der Waals surface area (Å²) in [5.41, 5.74) is 1.40. The number of rotatable bonds is 3. The van der Waals surface area contributed by atoms with Gasteiger partial charge in [0.1, 0.15) is 11.9 Å². The number of carbonyl (C=O) groups excluding carboxylic acids is 1. The molecule has 4 heteroatoms. The molecule has 0 aromatic carbocycles. The monoisotopic (exact) mass is 192 g/mol. The van der Waals surface area contributed by atoms with Gasteiger partial charge in [0.25, 0.3) is 0 Å². The highest BCUT2D eigenvalue weighted by Crippen LogP contribution is 2.41. The number of hydrogen-bond acceptors (Lipinski definition) is 4. The number of aromatic nitrogens is 2. The molecular weight excluding hydrogens is 180 g/mol. The van der Waals surface area contributed by atoms with E-state index in [0.717, 1.165) is 18.5 Å². The van der Waals surface area contributed by atoms with E-state index in [4.69, 9.17) is 4.74 Å². The molecule has 1 saturated carbocycles. The van der Waals surface area contributed by atoms with E-state index in [0.29, 0.717) is 17.4 Å². The number of carbonyl (C=O) groups is 1. The zero-order chi connectivity index (χ0) is 10.1. The van der Waals surface area contributed by atoms with Crippen molar-refractivity contribution in [2.45, 2.75) is 25.7 Å². The number of Topliss-reactive ketones (excluding diaryl/α,β-unsaturated/α-hetero) is 1. The van der Waals surface area contributed by atoms with Gasteiger partial charge in [-0.1, -0.05) is 0 Å². The first-order chi connectivity index (χ1) is 6.74. The third-order valence-corrected chi connectivity index (χ3v) is 2.35. The topological polar surface area (TPSA) is 52.1 Å². The van der Waals surface area contributed by atoms with Crippen molar-refractivity contribution in [1.82, 2.24) is 9.97 Å². The molecule has 0 spiro atoms. The zero-order valence-corrected chi connectivity index (χ0v) is 8.28. The summed E-state index contributed by atoms with van der Waals surface area (Å²) in [6.07, 6.45) is 3.68. The lowest BCUT2D eigenvalue weighted by Crippen LogP contribution is -2.06. The molecule has 1 aromatic heterocycles. The average Bonchev–Trinajstić information content (AvgIpc) is 2.99. The summed E-state index contributed by atoms with van der Waals surface area (Å²) in [6.45, 7) is 1.52. The van der Waals surface area contributed by atoms with E-state index < -0.39 is 0 Å². The van der Waals surface area contributed by atoms with E-state index in [-0.39, 0.29) is 5.78 Å². The summed E-state index contributed by atoms with van der Waals surface area (Å²) >= 11 is 0. The molecular formula is C10H12N2O2. The Morgan fingerprint density at radius 2 is 2.21 bits per heavy atom. The predicted octanol–water partition coefficient (Wildman–Crippen LogP) is 1.57. The van der Waals surface area contributed by atoms with Crippen LogP contribution in [0.4, 0.5) is 0 Å². The van der Waals surface area contributed by atoms with E-state index in [1.807, 2.05) is 0 Å². The predicted molar refractivity (Wildman–Crippen MR) is 50.6 cm³/mol. The quantitative estimate of drug-likeness (QED) is 0.682. The fraction of sp³-hybridized carbons (Fsp3) is 0.500. The fourth-order valence-corrected chi connectivity index (χ4v) is 1.53. The maximum Gasteiger partial charge on any atom is 0.227 e. The van der Waals surface area contributed by atoms with E-state index in [1.54, 1.807) is 0 Å². The van der Waals surface area contributed by atoms with Gasteiger partial charge in [0.2, 0.25) is 5.88 Å². The van der Waals surface area contributed by atoms with Gasteiger partial charge in [-0.15, -0.1) is 0 Å². The third kappa shape index (κ3) is 1.47. The van der Waals surface area contributed by atoms with Gasteiger partial charge in [-0.2, -0.15) is 0 Å². The summed E-state index contributed by atoms with van der Waals surface area (Å²) in [7, 11) is 1.52. The molecule has 0 saturated heterocycles. The SMILES string of the molecule is COc1ncnc(C2CC2)c1C(C)=O. The minimum absolute atomic E-state index is 0.0237. The molecule has 0 N–H and O–H groups in total. The highest BCUT2D eigenvalue weighted by molar-refractivity contribution is 5.97. The number of hydrogen-bond donors (Lipinski definition) is 0. The van der Waals surface area contributed by atoms with E-state index >= 15 is 0 Å². The lowest BCUT2D eigenvalue weighted by Gasteiger charge is -2.07.